The van der Waals surface area contributed by atoms with E-state index in [0.29, 0.717) is 36.9 Å². The van der Waals surface area contributed by atoms with Crippen molar-refractivity contribution in [3.05, 3.63) is 83.9 Å². The van der Waals surface area contributed by atoms with Crippen LogP contribution in [-0.4, -0.2) is 13.2 Å². The Hall–Kier alpha value is -1.90. The normalized spacial score (nSPS) is 27.0. The zero-order chi connectivity index (χ0) is 16.9. The van der Waals surface area contributed by atoms with Crippen molar-refractivity contribution in [2.24, 2.45) is 23.7 Å². The van der Waals surface area contributed by atoms with Crippen LogP contribution in [0.3, 0.4) is 0 Å². The van der Waals surface area contributed by atoms with Gasteiger partial charge < -0.3 is 9.47 Å². The fourth-order valence-corrected chi connectivity index (χ4v) is 4.30. The molecular formula is C23H26O2. The van der Waals surface area contributed by atoms with Crippen LogP contribution in [0.25, 0.3) is 0 Å². The molecule has 0 heterocycles. The van der Waals surface area contributed by atoms with Crippen molar-refractivity contribution < 1.29 is 9.47 Å². The molecule has 2 aromatic carbocycles. The summed E-state index contributed by atoms with van der Waals surface area (Å²) in [4.78, 5) is 0. The molecule has 4 atom stereocenters. The lowest BCUT2D eigenvalue weighted by atomic mass is 9.84. The summed E-state index contributed by atoms with van der Waals surface area (Å²) in [5.74, 6) is 2.53. The predicted octanol–water partition coefficient (Wildman–Crippen LogP) is 4.86. The zero-order valence-electron chi connectivity index (χ0n) is 14.6. The van der Waals surface area contributed by atoms with Gasteiger partial charge in [-0.2, -0.15) is 0 Å². The van der Waals surface area contributed by atoms with Gasteiger partial charge in [0.05, 0.1) is 26.4 Å². The van der Waals surface area contributed by atoms with Crippen molar-refractivity contribution in [2.75, 3.05) is 13.2 Å². The summed E-state index contributed by atoms with van der Waals surface area (Å²) in [5.41, 5.74) is 2.50. The van der Waals surface area contributed by atoms with Gasteiger partial charge in [-0.3, -0.25) is 0 Å². The van der Waals surface area contributed by atoms with E-state index in [4.69, 9.17) is 9.47 Å². The molecular weight excluding hydrogens is 308 g/mol. The van der Waals surface area contributed by atoms with Crippen molar-refractivity contribution in [1.29, 1.82) is 0 Å². The molecule has 0 amide bonds. The minimum Gasteiger partial charge on any atom is -0.376 e. The summed E-state index contributed by atoms with van der Waals surface area (Å²) in [6, 6.07) is 20.9. The van der Waals surface area contributed by atoms with Gasteiger partial charge in [0.15, 0.2) is 0 Å². The Morgan fingerprint density at radius 1 is 0.640 bits per heavy atom. The summed E-state index contributed by atoms with van der Waals surface area (Å²) in [6.07, 6.45) is 6.07. The summed E-state index contributed by atoms with van der Waals surface area (Å²) in [6.45, 7) is 3.07. The van der Waals surface area contributed by atoms with Crippen LogP contribution in [0.4, 0.5) is 0 Å². The molecule has 2 aliphatic carbocycles. The van der Waals surface area contributed by atoms with Crippen LogP contribution >= 0.6 is 0 Å². The number of fused-ring (bicyclic) bond motifs is 2. The largest absolute Gasteiger partial charge is 0.376 e. The van der Waals surface area contributed by atoms with Crippen LogP contribution < -0.4 is 0 Å². The third kappa shape index (κ3) is 4.02. The molecule has 0 saturated heterocycles. The van der Waals surface area contributed by atoms with Crippen molar-refractivity contribution in [2.45, 2.75) is 19.6 Å². The highest BCUT2D eigenvalue weighted by molar-refractivity contribution is 5.16. The number of hydrogen-bond donors (Lipinski definition) is 0. The summed E-state index contributed by atoms with van der Waals surface area (Å²) >= 11 is 0. The number of benzene rings is 2. The topological polar surface area (TPSA) is 18.5 Å². The predicted molar refractivity (Wildman–Crippen MR) is 99.9 cm³/mol. The summed E-state index contributed by atoms with van der Waals surface area (Å²) in [7, 11) is 0. The number of hydrogen-bond acceptors (Lipinski definition) is 2. The Kier molecular flexibility index (Phi) is 5.29. The molecule has 4 rings (SSSR count). The van der Waals surface area contributed by atoms with E-state index >= 15 is 0 Å². The van der Waals surface area contributed by atoms with Crippen LogP contribution in [0.1, 0.15) is 17.5 Å². The average molecular weight is 334 g/mol. The lowest BCUT2D eigenvalue weighted by Crippen LogP contribution is -2.28. The van der Waals surface area contributed by atoms with E-state index in [9.17, 15) is 0 Å². The molecule has 130 valence electrons. The first-order chi connectivity index (χ1) is 12.4. The number of allylic oxidation sites excluding steroid dienone is 2. The molecule has 0 aromatic heterocycles. The molecule has 2 heteroatoms. The van der Waals surface area contributed by atoms with Crippen molar-refractivity contribution in [1.82, 2.24) is 0 Å². The van der Waals surface area contributed by atoms with Crippen molar-refractivity contribution in [3.63, 3.8) is 0 Å². The first kappa shape index (κ1) is 16.6. The molecule has 1 fully saturated rings. The quantitative estimate of drug-likeness (QED) is 0.642. The fourth-order valence-electron chi connectivity index (χ4n) is 4.30. The maximum absolute atomic E-state index is 6.06. The molecule has 2 aromatic rings. The van der Waals surface area contributed by atoms with E-state index in [2.05, 4.69) is 60.7 Å². The Balaban J connectivity index is 1.28. The highest BCUT2D eigenvalue weighted by atomic mass is 16.5. The molecule has 1 saturated carbocycles. The number of rotatable bonds is 8. The van der Waals surface area contributed by atoms with Crippen LogP contribution in [0, 0.1) is 23.7 Å². The minimum atomic E-state index is 0.592. The lowest BCUT2D eigenvalue weighted by Gasteiger charge is -2.28. The second kappa shape index (κ2) is 7.99. The zero-order valence-corrected chi connectivity index (χ0v) is 14.6. The van der Waals surface area contributed by atoms with Gasteiger partial charge in [-0.25, -0.2) is 0 Å². The van der Waals surface area contributed by atoms with Gasteiger partial charge in [-0.05, 0) is 41.2 Å². The van der Waals surface area contributed by atoms with E-state index in [1.54, 1.807) is 0 Å². The maximum atomic E-state index is 6.06. The molecule has 0 spiro atoms. The van der Waals surface area contributed by atoms with E-state index in [1.165, 1.54) is 17.5 Å². The van der Waals surface area contributed by atoms with Gasteiger partial charge in [-0.15, -0.1) is 0 Å². The van der Waals surface area contributed by atoms with Gasteiger partial charge in [0.25, 0.3) is 0 Å². The molecule has 0 unspecified atom stereocenters. The van der Waals surface area contributed by atoms with Crippen LogP contribution in [0.5, 0.6) is 0 Å². The van der Waals surface area contributed by atoms with Crippen LogP contribution in [-0.2, 0) is 22.7 Å². The fraction of sp³-hybridized carbons (Fsp3) is 0.391. The maximum Gasteiger partial charge on any atom is 0.0717 e. The third-order valence-electron chi connectivity index (χ3n) is 5.64. The number of ether oxygens (including phenoxy) is 2. The van der Waals surface area contributed by atoms with E-state index in [1.807, 2.05) is 12.1 Å². The monoisotopic (exact) mass is 334 g/mol. The second-order valence-electron chi connectivity index (χ2n) is 7.28. The highest BCUT2D eigenvalue weighted by Gasteiger charge is 2.44. The standard InChI is InChI=1S/C23H26O2/c1-3-7-18(8-4-1)14-24-16-22-20-11-12-21(13-20)23(22)17-25-15-19-9-5-2-6-10-19/h1-12,20-23H,13-17H2/t20-,21+,22-,23-/m1/s1. The van der Waals surface area contributed by atoms with Crippen molar-refractivity contribution >= 4 is 0 Å². The van der Waals surface area contributed by atoms with Crippen LogP contribution in [0.2, 0.25) is 0 Å². The van der Waals surface area contributed by atoms with Gasteiger partial charge >= 0.3 is 0 Å². The first-order valence-electron chi connectivity index (χ1n) is 9.32. The van der Waals surface area contributed by atoms with E-state index < -0.39 is 0 Å². The SMILES string of the molecule is C1=C[C@H]2C[C@@H]1[C@@H](COCc1ccccc1)[C@@H]2COCc1ccccc1. The first-order valence-corrected chi connectivity index (χ1v) is 9.32. The highest BCUT2D eigenvalue weighted by Crippen LogP contribution is 2.48. The molecule has 2 bridgehead atoms. The van der Waals surface area contributed by atoms with E-state index in [-0.39, 0.29) is 0 Å². The Bertz CT molecular complexity index is 620. The molecule has 25 heavy (non-hydrogen) atoms. The van der Waals surface area contributed by atoms with Crippen molar-refractivity contribution in [3.8, 4) is 0 Å². The van der Waals surface area contributed by atoms with Gasteiger partial charge in [0.1, 0.15) is 0 Å². The minimum absolute atomic E-state index is 0.592. The molecule has 2 aliphatic rings. The average Bonchev–Trinajstić information content (AvgIpc) is 3.26. The van der Waals surface area contributed by atoms with Gasteiger partial charge in [-0.1, -0.05) is 72.8 Å². The van der Waals surface area contributed by atoms with E-state index in [0.717, 1.165) is 13.2 Å². The lowest BCUT2D eigenvalue weighted by molar-refractivity contribution is 0.0176. The summed E-state index contributed by atoms with van der Waals surface area (Å²) < 4.78 is 12.1. The van der Waals surface area contributed by atoms with Gasteiger partial charge in [0.2, 0.25) is 0 Å². The molecule has 0 radical (unpaired) electrons. The summed E-state index contributed by atoms with van der Waals surface area (Å²) in [5, 5.41) is 0. The Morgan fingerprint density at radius 2 is 1.08 bits per heavy atom. The van der Waals surface area contributed by atoms with Gasteiger partial charge in [0, 0.05) is 0 Å². The molecule has 0 N–H and O–H groups in total. The second-order valence-corrected chi connectivity index (χ2v) is 7.28. The smallest absolute Gasteiger partial charge is 0.0717 e. The Morgan fingerprint density at radius 3 is 1.52 bits per heavy atom. The third-order valence-corrected chi connectivity index (χ3v) is 5.64. The molecule has 2 nitrogen and oxygen atoms in total. The van der Waals surface area contributed by atoms with Crippen LogP contribution in [0.15, 0.2) is 72.8 Å². The Labute approximate surface area is 150 Å². The molecule has 0 aliphatic heterocycles.